The smallest absolute Gasteiger partial charge is 0.422 e. The lowest BCUT2D eigenvalue weighted by Gasteiger charge is -2.26. The number of amides is 1. The van der Waals surface area contributed by atoms with Crippen LogP contribution >= 0.6 is 0 Å². The van der Waals surface area contributed by atoms with Crippen molar-refractivity contribution >= 4 is 18.6 Å². The number of nitrogens with zero attached hydrogens (tertiary/aromatic N) is 1. The average molecular weight is 215 g/mol. The summed E-state index contributed by atoms with van der Waals surface area (Å²) in [5, 5.41) is 26.9. The lowest BCUT2D eigenvalue weighted by molar-refractivity contribution is -0.115. The van der Waals surface area contributed by atoms with E-state index in [-0.39, 0.29) is 12.3 Å². The van der Waals surface area contributed by atoms with Gasteiger partial charge < -0.3 is 19.9 Å². The minimum Gasteiger partial charge on any atom is -0.422 e. The van der Waals surface area contributed by atoms with E-state index >= 15 is 0 Å². The minimum atomic E-state index is -1.45. The summed E-state index contributed by atoms with van der Waals surface area (Å²) >= 11 is 0. The summed E-state index contributed by atoms with van der Waals surface area (Å²) in [6.07, 6.45) is -0.872. The molecule has 0 radical (unpaired) electrons. The number of carbonyl (C=O) groups is 1. The van der Waals surface area contributed by atoms with Gasteiger partial charge in [0.05, 0.1) is 5.61 Å². The molecule has 0 aliphatic carbocycles. The monoisotopic (exact) mass is 215 g/mol. The average Bonchev–Trinajstić information content (AvgIpc) is 2.08. The first kappa shape index (κ1) is 12.3. The predicted octanol–water partition coefficient (Wildman–Crippen LogP) is -1.13. The van der Waals surface area contributed by atoms with Gasteiger partial charge >= 0.3 is 7.12 Å². The molecule has 3 N–H and O–H groups in total. The van der Waals surface area contributed by atoms with E-state index < -0.39 is 19.5 Å². The van der Waals surface area contributed by atoms with E-state index in [2.05, 4.69) is 4.99 Å². The summed E-state index contributed by atoms with van der Waals surface area (Å²) < 4.78 is 5.06. The lowest BCUT2D eigenvalue weighted by Crippen LogP contribution is -2.41. The molecule has 0 aromatic heterocycles. The maximum absolute atomic E-state index is 10.7. The van der Waals surface area contributed by atoms with E-state index in [4.69, 9.17) is 14.9 Å². The van der Waals surface area contributed by atoms with Gasteiger partial charge in [-0.05, 0) is 12.8 Å². The van der Waals surface area contributed by atoms with Gasteiger partial charge in [-0.1, -0.05) is 0 Å². The van der Waals surface area contributed by atoms with Crippen LogP contribution in [0.4, 0.5) is 0 Å². The summed E-state index contributed by atoms with van der Waals surface area (Å²) in [7, 11) is -1.22. The predicted molar refractivity (Wildman–Crippen MR) is 53.0 cm³/mol. The highest BCUT2D eigenvalue weighted by Crippen LogP contribution is 2.17. The van der Waals surface area contributed by atoms with Crippen LogP contribution in [0.25, 0.3) is 0 Å². The molecular weight excluding hydrogens is 201 g/mol. The maximum atomic E-state index is 10.7. The Labute approximate surface area is 87.7 Å². The van der Waals surface area contributed by atoms with Crippen molar-refractivity contribution in [2.75, 3.05) is 0 Å². The van der Waals surface area contributed by atoms with Crippen molar-refractivity contribution in [1.29, 1.82) is 0 Å². The lowest BCUT2D eigenvalue weighted by atomic mass is 9.75. The van der Waals surface area contributed by atoms with Gasteiger partial charge in [0.1, 0.15) is 0 Å². The van der Waals surface area contributed by atoms with Crippen LogP contribution in [0.15, 0.2) is 4.99 Å². The summed E-state index contributed by atoms with van der Waals surface area (Å²) in [5.74, 6) is -0.381. The SMILES string of the molecule is CC(=O)N=C1CCC(CC(O)O)OB1O. The maximum Gasteiger partial charge on any atom is 0.506 e. The molecule has 1 atom stereocenters. The van der Waals surface area contributed by atoms with E-state index in [1.165, 1.54) is 6.92 Å². The second-order valence-electron chi connectivity index (χ2n) is 3.49. The van der Waals surface area contributed by atoms with E-state index in [9.17, 15) is 9.82 Å². The van der Waals surface area contributed by atoms with Crippen LogP contribution < -0.4 is 0 Å². The third kappa shape index (κ3) is 4.09. The van der Waals surface area contributed by atoms with Crippen LogP contribution in [0, 0.1) is 0 Å². The van der Waals surface area contributed by atoms with Gasteiger partial charge in [0.15, 0.2) is 6.29 Å². The molecule has 1 aliphatic rings. The molecule has 0 saturated carbocycles. The van der Waals surface area contributed by atoms with Crippen molar-refractivity contribution in [3.8, 4) is 0 Å². The zero-order chi connectivity index (χ0) is 11.4. The van der Waals surface area contributed by atoms with E-state index in [1.54, 1.807) is 0 Å². The summed E-state index contributed by atoms with van der Waals surface area (Å²) in [4.78, 5) is 14.3. The summed E-state index contributed by atoms with van der Waals surface area (Å²) in [5.41, 5.74) is 0.297. The van der Waals surface area contributed by atoms with Crippen LogP contribution in [0.3, 0.4) is 0 Å². The number of hydrogen-bond acceptors (Lipinski definition) is 5. The Bertz CT molecular complexity index is 268. The normalized spacial score (nSPS) is 25.0. The molecule has 1 fully saturated rings. The molecule has 1 heterocycles. The molecular formula is C8H14BNO5. The van der Waals surface area contributed by atoms with Crippen molar-refractivity contribution in [1.82, 2.24) is 0 Å². The van der Waals surface area contributed by atoms with Crippen LogP contribution in [-0.2, 0) is 9.45 Å². The van der Waals surface area contributed by atoms with Crippen molar-refractivity contribution in [3.63, 3.8) is 0 Å². The van der Waals surface area contributed by atoms with Crippen molar-refractivity contribution in [3.05, 3.63) is 0 Å². The van der Waals surface area contributed by atoms with Gasteiger partial charge in [-0.2, -0.15) is 0 Å². The Morgan fingerprint density at radius 1 is 1.73 bits per heavy atom. The van der Waals surface area contributed by atoms with Gasteiger partial charge in [-0.3, -0.25) is 4.79 Å². The fourth-order valence-corrected chi connectivity index (χ4v) is 1.48. The Morgan fingerprint density at radius 3 is 2.87 bits per heavy atom. The van der Waals surface area contributed by atoms with Gasteiger partial charge in [0.2, 0.25) is 5.91 Å². The number of hydrogen-bond donors (Lipinski definition) is 3. The minimum absolute atomic E-state index is 0.0460. The molecule has 1 amide bonds. The van der Waals surface area contributed by atoms with Gasteiger partial charge in [0, 0.05) is 19.4 Å². The Kier molecular flexibility index (Phi) is 4.40. The van der Waals surface area contributed by atoms with Crippen LogP contribution in [0.5, 0.6) is 0 Å². The third-order valence-electron chi connectivity index (χ3n) is 2.10. The number of rotatable bonds is 2. The molecule has 1 rings (SSSR count). The Balaban J connectivity index is 2.51. The van der Waals surface area contributed by atoms with Gasteiger partial charge in [-0.15, -0.1) is 0 Å². The molecule has 15 heavy (non-hydrogen) atoms. The Hall–Kier alpha value is -0.755. The number of aliphatic hydroxyl groups excluding tert-OH is 1. The highest BCUT2D eigenvalue weighted by Gasteiger charge is 2.32. The molecule has 0 bridgehead atoms. The zero-order valence-corrected chi connectivity index (χ0v) is 8.46. The van der Waals surface area contributed by atoms with Gasteiger partial charge in [0.25, 0.3) is 0 Å². The number of carbonyl (C=O) groups excluding carboxylic acids is 1. The van der Waals surface area contributed by atoms with Crippen molar-refractivity contribution in [2.45, 2.75) is 38.6 Å². The molecule has 84 valence electrons. The molecule has 1 unspecified atom stereocenters. The third-order valence-corrected chi connectivity index (χ3v) is 2.10. The molecule has 1 aliphatic heterocycles. The van der Waals surface area contributed by atoms with Crippen LogP contribution in [-0.4, -0.2) is 46.3 Å². The summed E-state index contributed by atoms with van der Waals surface area (Å²) in [6.45, 7) is 1.29. The number of aliphatic hydroxyl groups is 2. The topological polar surface area (TPSA) is 99.4 Å². The summed E-state index contributed by atoms with van der Waals surface area (Å²) in [6, 6.07) is 0. The van der Waals surface area contributed by atoms with Gasteiger partial charge in [-0.25, -0.2) is 4.99 Å². The second kappa shape index (κ2) is 5.36. The largest absolute Gasteiger partial charge is 0.506 e. The van der Waals surface area contributed by atoms with Crippen LogP contribution in [0.1, 0.15) is 26.2 Å². The highest BCUT2D eigenvalue weighted by molar-refractivity contribution is 6.81. The number of aliphatic imine (C=N–C) groups is 1. The zero-order valence-electron chi connectivity index (χ0n) is 8.46. The standard InChI is InChI=1S/C8H14BNO5/c1-5(11)10-7-3-2-6(4-8(12)13)15-9(7)14/h6,8,12-14H,2-4H2,1H3. The van der Waals surface area contributed by atoms with Crippen LogP contribution in [0.2, 0.25) is 0 Å². The molecule has 0 aromatic rings. The first-order chi connectivity index (χ1) is 6.99. The molecule has 0 aromatic carbocycles. The quantitative estimate of drug-likeness (QED) is 0.400. The first-order valence-corrected chi connectivity index (χ1v) is 4.76. The van der Waals surface area contributed by atoms with E-state index in [0.717, 1.165) is 0 Å². The fourth-order valence-electron chi connectivity index (χ4n) is 1.48. The molecule has 6 nitrogen and oxygen atoms in total. The van der Waals surface area contributed by atoms with E-state index in [0.29, 0.717) is 18.5 Å². The van der Waals surface area contributed by atoms with Crippen molar-refractivity contribution in [2.24, 2.45) is 4.99 Å². The first-order valence-electron chi connectivity index (χ1n) is 4.76. The second-order valence-corrected chi connectivity index (χ2v) is 3.49. The van der Waals surface area contributed by atoms with E-state index in [1.807, 2.05) is 0 Å². The molecule has 1 saturated heterocycles. The van der Waals surface area contributed by atoms with Crippen molar-refractivity contribution < 1.29 is 24.7 Å². The molecule has 0 spiro atoms. The fraction of sp³-hybridized carbons (Fsp3) is 0.750. The Morgan fingerprint density at radius 2 is 2.40 bits per heavy atom. The molecule has 7 heteroatoms. The highest BCUT2D eigenvalue weighted by atomic mass is 16.5.